The van der Waals surface area contributed by atoms with Crippen LogP contribution in [0, 0.1) is 10.1 Å². The van der Waals surface area contributed by atoms with E-state index < -0.39 is 16.7 Å². The summed E-state index contributed by atoms with van der Waals surface area (Å²) in [6, 6.07) is 5.85. The number of likely N-dealkylation sites (tertiary alicyclic amines) is 1. The van der Waals surface area contributed by atoms with E-state index in [1.165, 1.54) is 18.2 Å². The zero-order valence-electron chi connectivity index (χ0n) is 12.4. The zero-order valence-corrected chi connectivity index (χ0v) is 12.4. The van der Waals surface area contributed by atoms with Crippen molar-refractivity contribution < 1.29 is 14.5 Å². The molecule has 0 bridgehead atoms. The van der Waals surface area contributed by atoms with Crippen molar-refractivity contribution >= 4 is 23.2 Å². The third-order valence-corrected chi connectivity index (χ3v) is 3.90. The molecule has 0 saturated carbocycles. The van der Waals surface area contributed by atoms with Crippen LogP contribution in [0.25, 0.3) is 0 Å². The fourth-order valence-corrected chi connectivity index (χ4v) is 2.74. The van der Waals surface area contributed by atoms with E-state index in [0.29, 0.717) is 6.54 Å². The van der Waals surface area contributed by atoms with Gasteiger partial charge >= 0.3 is 11.8 Å². The topological polar surface area (TPSA) is 92.6 Å². The second-order valence-corrected chi connectivity index (χ2v) is 5.28. The van der Waals surface area contributed by atoms with Crippen LogP contribution in [0.3, 0.4) is 0 Å². The van der Waals surface area contributed by atoms with Crippen LogP contribution in [-0.2, 0) is 9.59 Å². The number of amides is 2. The predicted octanol–water partition coefficient (Wildman–Crippen LogP) is 2.32. The molecule has 1 aliphatic rings. The van der Waals surface area contributed by atoms with Crippen LogP contribution in [0.1, 0.15) is 32.6 Å². The summed E-state index contributed by atoms with van der Waals surface area (Å²) in [5.41, 5.74) is -0.190. The largest absolute Gasteiger partial charge is 0.331 e. The van der Waals surface area contributed by atoms with Crippen LogP contribution in [0.5, 0.6) is 0 Å². The Morgan fingerprint density at radius 1 is 1.36 bits per heavy atom. The van der Waals surface area contributed by atoms with Gasteiger partial charge in [-0.3, -0.25) is 19.7 Å². The van der Waals surface area contributed by atoms with Gasteiger partial charge in [-0.15, -0.1) is 0 Å². The molecule has 0 aromatic heterocycles. The summed E-state index contributed by atoms with van der Waals surface area (Å²) in [5, 5.41) is 13.3. The number of hydrogen-bond donors (Lipinski definition) is 1. The van der Waals surface area contributed by atoms with Gasteiger partial charge in [0.05, 0.1) is 4.92 Å². The molecule has 1 saturated heterocycles. The second-order valence-electron chi connectivity index (χ2n) is 5.28. The van der Waals surface area contributed by atoms with Crippen molar-refractivity contribution in [2.75, 3.05) is 11.9 Å². The fraction of sp³-hybridized carbons (Fsp3) is 0.467. The van der Waals surface area contributed by atoms with E-state index >= 15 is 0 Å². The summed E-state index contributed by atoms with van der Waals surface area (Å²) >= 11 is 0. The van der Waals surface area contributed by atoms with Gasteiger partial charge in [-0.25, -0.2) is 0 Å². The average molecular weight is 305 g/mol. The molecule has 7 heteroatoms. The van der Waals surface area contributed by atoms with Gasteiger partial charge in [0.2, 0.25) is 0 Å². The molecule has 2 amide bonds. The molecule has 1 aromatic rings. The van der Waals surface area contributed by atoms with E-state index in [1.807, 2.05) is 6.92 Å². The number of hydrogen-bond acceptors (Lipinski definition) is 4. The molecule has 1 heterocycles. The Bertz CT molecular complexity index is 588. The minimum absolute atomic E-state index is 0.0379. The Labute approximate surface area is 128 Å². The van der Waals surface area contributed by atoms with E-state index in [2.05, 4.69) is 5.32 Å². The second kappa shape index (κ2) is 7.02. The number of nitro groups is 1. The van der Waals surface area contributed by atoms with Gasteiger partial charge in [0, 0.05) is 18.7 Å². The van der Waals surface area contributed by atoms with Crippen LogP contribution in [0.15, 0.2) is 24.3 Å². The average Bonchev–Trinajstić information content (AvgIpc) is 2.54. The van der Waals surface area contributed by atoms with Crippen LogP contribution >= 0.6 is 0 Å². The molecule has 0 radical (unpaired) electrons. The van der Waals surface area contributed by atoms with Gasteiger partial charge < -0.3 is 10.2 Å². The standard InChI is InChI=1S/C15H19N3O4/c1-2-11-7-5-6-10-17(11)15(20)14(19)16-12-8-3-4-9-13(12)18(21)22/h3-4,8-9,11H,2,5-7,10H2,1H3,(H,16,19). The van der Waals surface area contributed by atoms with Crippen LogP contribution in [-0.4, -0.2) is 34.2 Å². The Kier molecular flexibility index (Phi) is 5.08. The number of nitrogens with zero attached hydrogens (tertiary/aromatic N) is 2. The van der Waals surface area contributed by atoms with Gasteiger partial charge in [-0.05, 0) is 31.7 Å². The van der Waals surface area contributed by atoms with Crippen molar-refractivity contribution in [3.8, 4) is 0 Å². The first kappa shape index (κ1) is 15.9. The number of para-hydroxylation sites is 2. The number of piperidine rings is 1. The maximum atomic E-state index is 12.3. The number of rotatable bonds is 3. The highest BCUT2D eigenvalue weighted by Crippen LogP contribution is 2.24. The molecule has 0 spiro atoms. The lowest BCUT2D eigenvalue weighted by Crippen LogP contribution is -2.48. The minimum atomic E-state index is -0.824. The van der Waals surface area contributed by atoms with E-state index in [4.69, 9.17) is 0 Å². The monoisotopic (exact) mass is 305 g/mol. The molecule has 2 rings (SSSR count). The third-order valence-electron chi connectivity index (χ3n) is 3.90. The van der Waals surface area contributed by atoms with Gasteiger partial charge in [0.1, 0.15) is 5.69 Å². The zero-order chi connectivity index (χ0) is 16.1. The van der Waals surface area contributed by atoms with Crippen molar-refractivity contribution in [3.05, 3.63) is 34.4 Å². The number of carbonyl (C=O) groups excluding carboxylic acids is 2. The molecule has 1 aromatic carbocycles. The Morgan fingerprint density at radius 2 is 2.09 bits per heavy atom. The lowest BCUT2D eigenvalue weighted by Gasteiger charge is -2.34. The Hall–Kier alpha value is -2.44. The number of benzene rings is 1. The van der Waals surface area contributed by atoms with Gasteiger partial charge in [0.15, 0.2) is 0 Å². The van der Waals surface area contributed by atoms with Gasteiger partial charge in [0.25, 0.3) is 5.69 Å². The minimum Gasteiger partial charge on any atom is -0.331 e. The quantitative estimate of drug-likeness (QED) is 0.527. The highest BCUT2D eigenvalue weighted by Gasteiger charge is 2.30. The smallest absolute Gasteiger partial charge is 0.314 e. The molecule has 1 unspecified atom stereocenters. The SMILES string of the molecule is CCC1CCCCN1C(=O)C(=O)Nc1ccccc1[N+](=O)[O-]. The van der Waals surface area contributed by atoms with Crippen molar-refractivity contribution in [2.45, 2.75) is 38.6 Å². The molecule has 1 atom stereocenters. The highest BCUT2D eigenvalue weighted by molar-refractivity contribution is 6.39. The summed E-state index contributed by atoms with van der Waals surface area (Å²) in [6.45, 7) is 2.54. The van der Waals surface area contributed by atoms with E-state index in [0.717, 1.165) is 25.7 Å². The van der Waals surface area contributed by atoms with Crippen LogP contribution in [0.2, 0.25) is 0 Å². The van der Waals surface area contributed by atoms with Crippen molar-refractivity contribution in [2.24, 2.45) is 0 Å². The molecule has 1 aliphatic heterocycles. The maximum Gasteiger partial charge on any atom is 0.314 e. The van der Waals surface area contributed by atoms with Gasteiger partial charge in [-0.2, -0.15) is 0 Å². The molecule has 7 nitrogen and oxygen atoms in total. The van der Waals surface area contributed by atoms with Crippen LogP contribution in [0.4, 0.5) is 11.4 Å². The van der Waals surface area contributed by atoms with E-state index in [-0.39, 0.29) is 17.4 Å². The molecular weight excluding hydrogens is 286 g/mol. The van der Waals surface area contributed by atoms with Gasteiger partial charge in [-0.1, -0.05) is 19.1 Å². The van der Waals surface area contributed by atoms with Crippen molar-refractivity contribution in [3.63, 3.8) is 0 Å². The number of anilines is 1. The first-order valence-electron chi connectivity index (χ1n) is 7.40. The number of nitrogens with one attached hydrogen (secondary N) is 1. The summed E-state index contributed by atoms with van der Waals surface area (Å²) in [7, 11) is 0. The lowest BCUT2D eigenvalue weighted by atomic mass is 10.00. The summed E-state index contributed by atoms with van der Waals surface area (Å²) in [4.78, 5) is 36.3. The number of nitro benzene ring substituents is 1. The number of carbonyl (C=O) groups is 2. The fourth-order valence-electron chi connectivity index (χ4n) is 2.74. The first-order valence-corrected chi connectivity index (χ1v) is 7.40. The maximum absolute atomic E-state index is 12.3. The van der Waals surface area contributed by atoms with E-state index in [1.54, 1.807) is 11.0 Å². The molecule has 1 fully saturated rings. The molecule has 0 aliphatic carbocycles. The molecule has 22 heavy (non-hydrogen) atoms. The summed E-state index contributed by atoms with van der Waals surface area (Å²) < 4.78 is 0. The van der Waals surface area contributed by atoms with Crippen molar-refractivity contribution in [1.29, 1.82) is 0 Å². The van der Waals surface area contributed by atoms with Crippen molar-refractivity contribution in [1.82, 2.24) is 4.90 Å². The molecule has 1 N–H and O–H groups in total. The van der Waals surface area contributed by atoms with E-state index in [9.17, 15) is 19.7 Å². The highest BCUT2D eigenvalue weighted by atomic mass is 16.6. The first-order chi connectivity index (χ1) is 10.5. The Balaban J connectivity index is 2.12. The van der Waals surface area contributed by atoms with Crippen LogP contribution < -0.4 is 5.32 Å². The molecule has 118 valence electrons. The lowest BCUT2D eigenvalue weighted by molar-refractivity contribution is -0.383. The third kappa shape index (κ3) is 3.41. The predicted molar refractivity (Wildman–Crippen MR) is 81.4 cm³/mol. The summed E-state index contributed by atoms with van der Waals surface area (Å²) in [6.07, 6.45) is 3.61. The normalized spacial score (nSPS) is 17.9. The molecular formula is C15H19N3O4. The summed E-state index contributed by atoms with van der Waals surface area (Å²) in [5.74, 6) is -1.45. The Morgan fingerprint density at radius 3 is 2.77 bits per heavy atom.